The summed E-state index contributed by atoms with van der Waals surface area (Å²) in [4.78, 5) is 25.8. The number of benzene rings is 2. The van der Waals surface area contributed by atoms with Gasteiger partial charge in [-0.15, -0.1) is 0 Å². The predicted octanol–water partition coefficient (Wildman–Crippen LogP) is 1.85. The van der Waals surface area contributed by atoms with E-state index in [1.54, 1.807) is 6.92 Å². The van der Waals surface area contributed by atoms with E-state index in [0.717, 1.165) is 11.1 Å². The lowest BCUT2D eigenvalue weighted by atomic mass is 9.78. The molecule has 4 rings (SSSR count). The Morgan fingerprint density at radius 1 is 1.03 bits per heavy atom. The Bertz CT molecular complexity index is 889. The molecule has 3 unspecified atom stereocenters. The molecule has 0 aromatic heterocycles. The van der Waals surface area contributed by atoms with Gasteiger partial charge in [0.05, 0.1) is 24.6 Å². The van der Waals surface area contributed by atoms with Crippen molar-refractivity contribution >= 4 is 19.8 Å². The van der Waals surface area contributed by atoms with Gasteiger partial charge in [-0.05, 0) is 18.1 Å². The minimum absolute atomic E-state index is 0.161. The SMILES string of the molecule is B[C@@H]1O[C@@]2(C(C)C(=O)OCc3ccccc3)COC1C2C(=O)OCc1ccccc1. The maximum absolute atomic E-state index is 13.0. The molecule has 2 aromatic carbocycles. The summed E-state index contributed by atoms with van der Waals surface area (Å²) < 4.78 is 23.1. The Balaban J connectivity index is 1.45. The normalized spacial score (nSPS) is 28.1. The molecule has 156 valence electrons. The van der Waals surface area contributed by atoms with E-state index in [1.807, 2.05) is 68.5 Å². The summed E-state index contributed by atoms with van der Waals surface area (Å²) in [6.45, 7) is 2.23. The number of carbonyl (C=O) groups is 2. The molecule has 2 aliphatic rings. The summed E-state index contributed by atoms with van der Waals surface area (Å²) in [6, 6.07) is 18.6. The molecule has 5 atom stereocenters. The first-order chi connectivity index (χ1) is 14.5. The van der Waals surface area contributed by atoms with Crippen LogP contribution in [0, 0.1) is 11.8 Å². The zero-order chi connectivity index (χ0) is 21.1. The average molecular weight is 408 g/mol. The van der Waals surface area contributed by atoms with Gasteiger partial charge in [-0.1, -0.05) is 60.7 Å². The van der Waals surface area contributed by atoms with Crippen LogP contribution in [-0.2, 0) is 41.8 Å². The van der Waals surface area contributed by atoms with E-state index in [-0.39, 0.29) is 25.8 Å². The molecule has 7 heteroatoms. The number of fused-ring (bicyclic) bond motifs is 2. The maximum atomic E-state index is 13.0. The second-order valence-corrected chi connectivity index (χ2v) is 7.94. The van der Waals surface area contributed by atoms with E-state index in [2.05, 4.69) is 0 Å². The lowest BCUT2D eigenvalue weighted by molar-refractivity contribution is -0.178. The van der Waals surface area contributed by atoms with Crippen LogP contribution in [0.4, 0.5) is 0 Å². The van der Waals surface area contributed by atoms with Gasteiger partial charge in [-0.25, -0.2) is 0 Å². The molecule has 2 bridgehead atoms. The number of rotatable bonds is 7. The number of ether oxygens (including phenoxy) is 4. The highest BCUT2D eigenvalue weighted by Crippen LogP contribution is 2.49. The molecular formula is C23H25BO6. The van der Waals surface area contributed by atoms with Crippen molar-refractivity contribution in [3.63, 3.8) is 0 Å². The van der Waals surface area contributed by atoms with E-state index in [1.165, 1.54) is 0 Å². The molecule has 0 N–H and O–H groups in total. The van der Waals surface area contributed by atoms with Crippen LogP contribution in [0.15, 0.2) is 60.7 Å². The molecule has 30 heavy (non-hydrogen) atoms. The van der Waals surface area contributed by atoms with Gasteiger partial charge in [-0.3, -0.25) is 9.59 Å². The van der Waals surface area contributed by atoms with Gasteiger partial charge < -0.3 is 18.9 Å². The van der Waals surface area contributed by atoms with Crippen molar-refractivity contribution < 1.29 is 28.5 Å². The number of hydrogen-bond donors (Lipinski definition) is 0. The quantitative estimate of drug-likeness (QED) is 0.515. The topological polar surface area (TPSA) is 71.1 Å². The smallest absolute Gasteiger partial charge is 0.315 e. The summed E-state index contributed by atoms with van der Waals surface area (Å²) in [6.07, 6.45) is -0.433. The van der Waals surface area contributed by atoms with E-state index in [4.69, 9.17) is 18.9 Å². The standard InChI is InChI=1S/C23H25BO6/c1-15(21(25)27-12-16-8-4-2-5-9-16)23-14-29-19(20(24)30-23)18(23)22(26)28-13-17-10-6-3-7-11-17/h2-11,15,18-20H,12-14,24H2,1H3/t15?,18?,19?,20-,23-/m1/s1. The second-order valence-electron chi connectivity index (χ2n) is 7.94. The largest absolute Gasteiger partial charge is 0.461 e. The summed E-state index contributed by atoms with van der Waals surface area (Å²) in [5.41, 5.74) is 0.720. The minimum Gasteiger partial charge on any atom is -0.461 e. The molecule has 2 aromatic rings. The molecule has 6 nitrogen and oxygen atoms in total. The Labute approximate surface area is 176 Å². The van der Waals surface area contributed by atoms with Crippen LogP contribution < -0.4 is 0 Å². The van der Waals surface area contributed by atoms with Crippen molar-refractivity contribution in [1.82, 2.24) is 0 Å². The van der Waals surface area contributed by atoms with Gasteiger partial charge in [-0.2, -0.15) is 0 Å². The summed E-state index contributed by atoms with van der Waals surface area (Å²) in [5, 5.41) is 0. The van der Waals surface area contributed by atoms with Crippen LogP contribution in [0.5, 0.6) is 0 Å². The summed E-state index contributed by atoms with van der Waals surface area (Å²) in [5.74, 6) is -2.17. The van der Waals surface area contributed by atoms with Gasteiger partial charge >= 0.3 is 11.9 Å². The first kappa shape index (κ1) is 20.6. The molecule has 2 fully saturated rings. The van der Waals surface area contributed by atoms with Crippen LogP contribution in [0.3, 0.4) is 0 Å². The third-order valence-electron chi connectivity index (χ3n) is 6.01. The van der Waals surface area contributed by atoms with E-state index in [9.17, 15) is 9.59 Å². The van der Waals surface area contributed by atoms with Gasteiger partial charge in [0.25, 0.3) is 0 Å². The van der Waals surface area contributed by atoms with Crippen molar-refractivity contribution in [3.05, 3.63) is 71.8 Å². The van der Waals surface area contributed by atoms with Crippen LogP contribution in [0.1, 0.15) is 18.1 Å². The fourth-order valence-corrected chi connectivity index (χ4v) is 4.32. The molecule has 0 radical (unpaired) electrons. The lowest BCUT2D eigenvalue weighted by Crippen LogP contribution is -2.50. The minimum atomic E-state index is -1.08. The highest BCUT2D eigenvalue weighted by atomic mass is 16.6. The van der Waals surface area contributed by atoms with E-state index in [0.29, 0.717) is 0 Å². The van der Waals surface area contributed by atoms with Crippen molar-refractivity contribution in [2.75, 3.05) is 6.61 Å². The predicted molar refractivity (Wildman–Crippen MR) is 111 cm³/mol. The van der Waals surface area contributed by atoms with Crippen LogP contribution >= 0.6 is 0 Å². The van der Waals surface area contributed by atoms with Gasteiger partial charge in [0.15, 0.2) is 0 Å². The van der Waals surface area contributed by atoms with Crippen molar-refractivity contribution in [3.8, 4) is 0 Å². The molecule has 0 amide bonds. The number of hydrogen-bond acceptors (Lipinski definition) is 6. The summed E-state index contributed by atoms with van der Waals surface area (Å²) in [7, 11) is 1.85. The monoisotopic (exact) mass is 408 g/mol. The first-order valence-corrected chi connectivity index (χ1v) is 10.2. The zero-order valence-corrected chi connectivity index (χ0v) is 17.2. The summed E-state index contributed by atoms with van der Waals surface area (Å²) >= 11 is 0. The van der Waals surface area contributed by atoms with Crippen molar-refractivity contribution in [1.29, 1.82) is 0 Å². The van der Waals surface area contributed by atoms with E-state index >= 15 is 0 Å². The zero-order valence-electron chi connectivity index (χ0n) is 17.2. The third kappa shape index (κ3) is 3.87. The van der Waals surface area contributed by atoms with Crippen LogP contribution in [-0.4, -0.2) is 44.1 Å². The molecular weight excluding hydrogens is 383 g/mol. The van der Waals surface area contributed by atoms with Gasteiger partial charge in [0.1, 0.15) is 32.6 Å². The van der Waals surface area contributed by atoms with E-state index < -0.39 is 35.5 Å². The fourth-order valence-electron chi connectivity index (χ4n) is 4.32. The van der Waals surface area contributed by atoms with Crippen molar-refractivity contribution in [2.24, 2.45) is 11.8 Å². The first-order valence-electron chi connectivity index (χ1n) is 10.2. The number of esters is 2. The van der Waals surface area contributed by atoms with Crippen molar-refractivity contribution in [2.45, 2.75) is 37.8 Å². The Kier molecular flexibility index (Phi) is 5.93. The van der Waals surface area contributed by atoms with Gasteiger partial charge in [0, 0.05) is 0 Å². The van der Waals surface area contributed by atoms with Crippen LogP contribution in [0.2, 0.25) is 0 Å². The lowest BCUT2D eigenvalue weighted by Gasteiger charge is -2.34. The molecule has 0 aliphatic carbocycles. The highest BCUT2D eigenvalue weighted by molar-refractivity contribution is 6.12. The average Bonchev–Trinajstić information content (AvgIpc) is 3.30. The molecule has 2 saturated heterocycles. The fraction of sp³-hybridized carbons (Fsp3) is 0.391. The number of carbonyl (C=O) groups excluding carboxylic acids is 2. The molecule has 0 saturated carbocycles. The highest BCUT2D eigenvalue weighted by Gasteiger charge is 2.67. The second kappa shape index (κ2) is 8.62. The molecule has 2 aliphatic heterocycles. The third-order valence-corrected chi connectivity index (χ3v) is 6.01. The Morgan fingerprint density at radius 3 is 2.17 bits per heavy atom. The van der Waals surface area contributed by atoms with Crippen LogP contribution in [0.25, 0.3) is 0 Å². The maximum Gasteiger partial charge on any atom is 0.315 e. The molecule has 2 heterocycles. The Hall–Kier alpha value is -2.64. The Morgan fingerprint density at radius 2 is 1.60 bits per heavy atom. The molecule has 0 spiro atoms. The van der Waals surface area contributed by atoms with Gasteiger partial charge in [0.2, 0.25) is 0 Å².